The quantitative estimate of drug-likeness (QED) is 0.655. The zero-order valence-corrected chi connectivity index (χ0v) is 13.3. The molecule has 0 aliphatic carbocycles. The molecular formula is C19H19OSi. The highest BCUT2D eigenvalue weighted by Gasteiger charge is 2.20. The Morgan fingerprint density at radius 1 is 0.810 bits per heavy atom. The van der Waals surface area contributed by atoms with Crippen molar-refractivity contribution in [3.8, 4) is 0 Å². The Bertz CT molecular complexity index is 704. The van der Waals surface area contributed by atoms with Crippen molar-refractivity contribution >= 4 is 30.2 Å². The molecule has 0 saturated carbocycles. The van der Waals surface area contributed by atoms with Gasteiger partial charge in [0.2, 0.25) is 0 Å². The van der Waals surface area contributed by atoms with Crippen molar-refractivity contribution in [1.82, 2.24) is 0 Å². The monoisotopic (exact) mass is 291 g/mol. The first-order valence-electron chi connectivity index (χ1n) is 7.43. The van der Waals surface area contributed by atoms with Gasteiger partial charge in [-0.05, 0) is 27.6 Å². The molecule has 105 valence electrons. The summed E-state index contributed by atoms with van der Waals surface area (Å²) in [5.74, 6) is 0. The number of hydrogen-bond acceptors (Lipinski definition) is 1. The molecule has 0 spiro atoms. The van der Waals surface area contributed by atoms with Crippen molar-refractivity contribution in [2.24, 2.45) is 0 Å². The van der Waals surface area contributed by atoms with E-state index in [1.807, 2.05) is 0 Å². The van der Waals surface area contributed by atoms with Crippen LogP contribution >= 0.6 is 0 Å². The fourth-order valence-electron chi connectivity index (χ4n) is 2.53. The summed E-state index contributed by atoms with van der Waals surface area (Å²) in [5, 5.41) is 5.26. The van der Waals surface area contributed by atoms with Crippen molar-refractivity contribution in [3.63, 3.8) is 0 Å². The minimum absolute atomic E-state index is 0.812. The SMILES string of the molecule is CCCO[Si](c1ccccc1)c1cccc2ccccc12. The topological polar surface area (TPSA) is 9.23 Å². The van der Waals surface area contributed by atoms with Crippen molar-refractivity contribution in [2.45, 2.75) is 13.3 Å². The first kappa shape index (κ1) is 14.1. The average Bonchev–Trinajstić information content (AvgIpc) is 2.56. The Balaban J connectivity index is 2.10. The van der Waals surface area contributed by atoms with Crippen LogP contribution in [0, 0.1) is 0 Å². The van der Waals surface area contributed by atoms with E-state index in [-0.39, 0.29) is 0 Å². The van der Waals surface area contributed by atoms with E-state index in [1.165, 1.54) is 21.1 Å². The largest absolute Gasteiger partial charge is 0.407 e. The molecule has 0 aliphatic rings. The van der Waals surface area contributed by atoms with Gasteiger partial charge in [-0.25, -0.2) is 0 Å². The van der Waals surface area contributed by atoms with Gasteiger partial charge in [-0.2, -0.15) is 0 Å². The van der Waals surface area contributed by atoms with Crippen LogP contribution in [0.5, 0.6) is 0 Å². The number of hydrogen-bond donors (Lipinski definition) is 0. The van der Waals surface area contributed by atoms with E-state index in [4.69, 9.17) is 4.43 Å². The summed E-state index contributed by atoms with van der Waals surface area (Å²) in [4.78, 5) is 0. The molecule has 0 bridgehead atoms. The van der Waals surface area contributed by atoms with Crippen LogP contribution in [0.15, 0.2) is 72.8 Å². The first-order chi connectivity index (χ1) is 10.4. The average molecular weight is 291 g/mol. The third-order valence-electron chi connectivity index (χ3n) is 3.52. The first-order valence-corrected chi connectivity index (χ1v) is 8.84. The fourth-order valence-corrected chi connectivity index (χ4v) is 4.79. The Hall–Kier alpha value is -1.90. The van der Waals surface area contributed by atoms with Gasteiger partial charge >= 0.3 is 0 Å². The van der Waals surface area contributed by atoms with E-state index >= 15 is 0 Å². The third kappa shape index (κ3) is 3.07. The van der Waals surface area contributed by atoms with Crippen molar-refractivity contribution in [2.75, 3.05) is 6.61 Å². The molecule has 2 heteroatoms. The van der Waals surface area contributed by atoms with Gasteiger partial charge in [0.1, 0.15) is 0 Å². The molecule has 0 saturated heterocycles. The number of rotatable bonds is 5. The maximum Gasteiger partial charge on any atom is 0.283 e. The van der Waals surface area contributed by atoms with Crippen LogP contribution in [0.4, 0.5) is 0 Å². The maximum atomic E-state index is 6.27. The summed E-state index contributed by atoms with van der Waals surface area (Å²) < 4.78 is 6.27. The maximum absolute atomic E-state index is 6.27. The second-order valence-corrected chi connectivity index (χ2v) is 7.13. The summed E-state index contributed by atoms with van der Waals surface area (Å²) >= 11 is 0. The molecular weight excluding hydrogens is 272 g/mol. The van der Waals surface area contributed by atoms with E-state index in [0.717, 1.165) is 13.0 Å². The molecule has 3 aromatic carbocycles. The van der Waals surface area contributed by atoms with Crippen LogP contribution in [0.3, 0.4) is 0 Å². The second-order valence-electron chi connectivity index (χ2n) is 5.07. The van der Waals surface area contributed by atoms with Gasteiger partial charge < -0.3 is 4.43 Å². The predicted molar refractivity (Wildman–Crippen MR) is 91.7 cm³/mol. The highest BCUT2D eigenvalue weighted by atomic mass is 28.3. The van der Waals surface area contributed by atoms with Crippen molar-refractivity contribution < 1.29 is 4.43 Å². The molecule has 0 aliphatic heterocycles. The van der Waals surface area contributed by atoms with Gasteiger partial charge in [0.15, 0.2) is 0 Å². The van der Waals surface area contributed by atoms with E-state index in [0.29, 0.717) is 0 Å². The predicted octanol–water partition coefficient (Wildman–Crippen LogP) is 3.37. The second kappa shape index (κ2) is 6.70. The molecule has 0 fully saturated rings. The van der Waals surface area contributed by atoms with Gasteiger partial charge in [-0.3, -0.25) is 0 Å². The molecule has 0 unspecified atom stereocenters. The molecule has 0 aromatic heterocycles. The molecule has 1 radical (unpaired) electrons. The van der Waals surface area contributed by atoms with Crippen molar-refractivity contribution in [1.29, 1.82) is 0 Å². The minimum atomic E-state index is -1.19. The molecule has 0 heterocycles. The Morgan fingerprint density at radius 3 is 2.33 bits per heavy atom. The van der Waals surface area contributed by atoms with Gasteiger partial charge in [0.05, 0.1) is 0 Å². The van der Waals surface area contributed by atoms with E-state index in [2.05, 4.69) is 79.7 Å². The lowest BCUT2D eigenvalue weighted by Crippen LogP contribution is -2.45. The van der Waals surface area contributed by atoms with Crippen LogP contribution in [-0.4, -0.2) is 15.6 Å². The van der Waals surface area contributed by atoms with E-state index in [1.54, 1.807) is 0 Å². The third-order valence-corrected chi connectivity index (χ3v) is 5.80. The summed E-state index contributed by atoms with van der Waals surface area (Å²) in [5.41, 5.74) is 0. The summed E-state index contributed by atoms with van der Waals surface area (Å²) in [6, 6.07) is 25.7. The Labute approximate surface area is 127 Å². The summed E-state index contributed by atoms with van der Waals surface area (Å²) in [6.07, 6.45) is 1.05. The molecule has 3 rings (SSSR count). The molecule has 21 heavy (non-hydrogen) atoms. The van der Waals surface area contributed by atoms with Gasteiger partial charge in [0.25, 0.3) is 9.04 Å². The van der Waals surface area contributed by atoms with Gasteiger partial charge in [-0.1, -0.05) is 79.7 Å². The van der Waals surface area contributed by atoms with Crippen LogP contribution in [0.1, 0.15) is 13.3 Å². The van der Waals surface area contributed by atoms with Gasteiger partial charge in [-0.15, -0.1) is 0 Å². The molecule has 0 N–H and O–H groups in total. The number of benzene rings is 3. The smallest absolute Gasteiger partial charge is 0.283 e. The lowest BCUT2D eigenvalue weighted by Gasteiger charge is -2.17. The summed E-state index contributed by atoms with van der Waals surface area (Å²) in [7, 11) is -1.19. The molecule has 3 aromatic rings. The highest BCUT2D eigenvalue weighted by molar-refractivity contribution is 6.81. The molecule has 0 atom stereocenters. The molecule has 0 amide bonds. The Kier molecular flexibility index (Phi) is 4.48. The Morgan fingerprint density at radius 2 is 1.52 bits per heavy atom. The van der Waals surface area contributed by atoms with E-state index < -0.39 is 9.04 Å². The van der Waals surface area contributed by atoms with Crippen LogP contribution < -0.4 is 10.4 Å². The molecule has 1 nitrogen and oxygen atoms in total. The zero-order valence-electron chi connectivity index (χ0n) is 12.3. The lowest BCUT2D eigenvalue weighted by molar-refractivity contribution is 0.333. The van der Waals surface area contributed by atoms with Gasteiger partial charge in [0, 0.05) is 6.61 Å². The van der Waals surface area contributed by atoms with Crippen molar-refractivity contribution in [3.05, 3.63) is 72.8 Å². The normalized spacial score (nSPS) is 11.1. The number of fused-ring (bicyclic) bond motifs is 1. The highest BCUT2D eigenvalue weighted by Crippen LogP contribution is 2.12. The standard InChI is InChI=1S/C19H19OSi/c1-2-15-20-21(17-11-4-3-5-12-17)19-14-8-10-16-9-6-7-13-18(16)19/h3-14H,2,15H2,1H3. The van der Waals surface area contributed by atoms with E-state index in [9.17, 15) is 0 Å². The lowest BCUT2D eigenvalue weighted by atomic mass is 10.1. The summed E-state index contributed by atoms with van der Waals surface area (Å²) in [6.45, 7) is 2.97. The fraction of sp³-hybridized carbons (Fsp3) is 0.158. The van der Waals surface area contributed by atoms with Crippen LogP contribution in [0.2, 0.25) is 0 Å². The zero-order chi connectivity index (χ0) is 14.5. The van der Waals surface area contributed by atoms with Crippen LogP contribution in [0.25, 0.3) is 10.8 Å². The minimum Gasteiger partial charge on any atom is -0.407 e. The van der Waals surface area contributed by atoms with Crippen LogP contribution in [-0.2, 0) is 4.43 Å².